The van der Waals surface area contributed by atoms with Gasteiger partial charge < -0.3 is 5.32 Å². The Morgan fingerprint density at radius 1 is 1.53 bits per heavy atom. The monoisotopic (exact) mass is 256 g/mol. The van der Waals surface area contributed by atoms with Gasteiger partial charge in [-0.25, -0.2) is 5.43 Å². The third kappa shape index (κ3) is 3.81. The van der Waals surface area contributed by atoms with Gasteiger partial charge in [-0.1, -0.05) is 13.8 Å². The van der Waals surface area contributed by atoms with Crippen LogP contribution >= 0.6 is 0 Å². The Bertz CT molecular complexity index is 322. The van der Waals surface area contributed by atoms with Crippen LogP contribution in [0.4, 0.5) is 0 Å². The average molecular weight is 256 g/mol. The van der Waals surface area contributed by atoms with E-state index in [0.29, 0.717) is 5.92 Å². The fourth-order valence-electron chi connectivity index (χ4n) is 1.74. The molecule has 0 aromatic rings. The normalized spacial score (nSPS) is 21.5. The van der Waals surface area contributed by atoms with E-state index in [2.05, 4.69) is 49.3 Å². The van der Waals surface area contributed by atoms with Gasteiger partial charge in [0.15, 0.2) is 8.24 Å². The Balaban J connectivity index is 2.93. The number of hydrazone groups is 1. The Kier molecular flexibility index (Phi) is 4.32. The van der Waals surface area contributed by atoms with Crippen molar-refractivity contribution in [1.82, 2.24) is 15.5 Å². The van der Waals surface area contributed by atoms with Crippen LogP contribution in [-0.2, 0) is 4.79 Å². The fourth-order valence-corrected chi connectivity index (χ4v) is 2.71. The quantitative estimate of drug-likeness (QED) is 0.734. The molecule has 0 fully saturated rings. The predicted octanol–water partition coefficient (Wildman–Crippen LogP) is 1.36. The van der Waals surface area contributed by atoms with Crippen LogP contribution in [0.3, 0.4) is 0 Å². The van der Waals surface area contributed by atoms with Crippen molar-refractivity contribution in [3.63, 3.8) is 0 Å². The Morgan fingerprint density at radius 2 is 2.12 bits per heavy atom. The summed E-state index contributed by atoms with van der Waals surface area (Å²) in [6, 6.07) is 0. The third-order valence-electron chi connectivity index (χ3n) is 2.76. The van der Waals surface area contributed by atoms with Gasteiger partial charge in [-0.05, 0) is 25.6 Å². The zero-order valence-electron chi connectivity index (χ0n) is 11.7. The molecule has 0 saturated heterocycles. The number of hydrazine groups is 1. The van der Waals surface area contributed by atoms with Gasteiger partial charge >= 0.3 is 0 Å². The maximum absolute atomic E-state index is 11.2. The third-order valence-corrected chi connectivity index (χ3v) is 4.29. The van der Waals surface area contributed by atoms with Gasteiger partial charge in [-0.15, -0.1) is 0 Å². The molecule has 0 radical (unpaired) electrons. The fraction of sp³-hybridized carbons (Fsp3) is 0.818. The van der Waals surface area contributed by atoms with E-state index in [4.69, 9.17) is 0 Å². The molecule has 1 rings (SSSR count). The molecule has 1 unspecified atom stereocenters. The molecule has 6 heteroatoms. The molecular weight excluding hydrogens is 232 g/mol. The molecule has 0 aromatic heterocycles. The van der Waals surface area contributed by atoms with Crippen molar-refractivity contribution in [2.45, 2.75) is 40.4 Å². The molecule has 0 bridgehead atoms. The summed E-state index contributed by atoms with van der Waals surface area (Å²) in [5.74, 6) is 1.48. The highest BCUT2D eigenvalue weighted by atomic mass is 28.3. The highest BCUT2D eigenvalue weighted by Crippen LogP contribution is 2.18. The van der Waals surface area contributed by atoms with Crippen LogP contribution in [0, 0.1) is 11.8 Å². The summed E-state index contributed by atoms with van der Waals surface area (Å²) in [5, 5.41) is 7.43. The highest BCUT2D eigenvalue weighted by molar-refractivity contribution is 6.73. The number of carbonyl (C=O) groups excluding carboxylic acids is 1. The van der Waals surface area contributed by atoms with Crippen LogP contribution in [0.1, 0.15) is 20.8 Å². The number of carbonyl (C=O) groups is 1. The van der Waals surface area contributed by atoms with Crippen LogP contribution in [0.25, 0.3) is 0 Å². The van der Waals surface area contributed by atoms with E-state index in [1.807, 2.05) is 4.78 Å². The van der Waals surface area contributed by atoms with Gasteiger partial charge in [0.1, 0.15) is 5.84 Å². The van der Waals surface area contributed by atoms with Gasteiger partial charge in [0.25, 0.3) is 0 Å². The van der Waals surface area contributed by atoms with E-state index >= 15 is 0 Å². The van der Waals surface area contributed by atoms with Gasteiger partial charge in [-0.2, -0.15) is 5.10 Å². The summed E-state index contributed by atoms with van der Waals surface area (Å²) < 4.78 is 0. The molecule has 17 heavy (non-hydrogen) atoms. The van der Waals surface area contributed by atoms with Crippen LogP contribution in [-0.4, -0.2) is 31.3 Å². The van der Waals surface area contributed by atoms with Crippen LogP contribution in [0.15, 0.2) is 5.10 Å². The maximum Gasteiger partial charge on any atom is 0.222 e. The van der Waals surface area contributed by atoms with Crippen LogP contribution < -0.4 is 10.7 Å². The molecule has 5 nitrogen and oxygen atoms in total. The van der Waals surface area contributed by atoms with Crippen molar-refractivity contribution in [2.75, 3.05) is 6.54 Å². The van der Waals surface area contributed by atoms with Crippen molar-refractivity contribution in [2.24, 2.45) is 16.9 Å². The van der Waals surface area contributed by atoms with E-state index in [-0.39, 0.29) is 11.8 Å². The minimum Gasteiger partial charge on any atom is -0.313 e. The first-order valence-electron chi connectivity index (χ1n) is 6.11. The van der Waals surface area contributed by atoms with Gasteiger partial charge in [0.2, 0.25) is 5.91 Å². The molecule has 98 valence electrons. The first-order valence-corrected chi connectivity index (χ1v) is 9.56. The first kappa shape index (κ1) is 14.2. The zero-order chi connectivity index (χ0) is 13.2. The summed E-state index contributed by atoms with van der Waals surface area (Å²) in [6.45, 7) is 13.3. The van der Waals surface area contributed by atoms with Crippen molar-refractivity contribution in [3.05, 3.63) is 0 Å². The second-order valence-electron chi connectivity index (χ2n) is 5.86. The zero-order valence-corrected chi connectivity index (χ0v) is 12.7. The molecule has 1 aliphatic rings. The summed E-state index contributed by atoms with van der Waals surface area (Å²) in [7, 11) is -1.53. The minimum atomic E-state index is -1.53. The molecule has 0 spiro atoms. The molecule has 0 aliphatic carbocycles. The topological polar surface area (TPSA) is 56.7 Å². The lowest BCUT2D eigenvalue weighted by molar-refractivity contribution is -0.117. The number of amidine groups is 1. The molecule has 0 aromatic carbocycles. The van der Waals surface area contributed by atoms with Crippen molar-refractivity contribution in [3.8, 4) is 0 Å². The first-order chi connectivity index (χ1) is 7.71. The van der Waals surface area contributed by atoms with E-state index in [1.54, 1.807) is 0 Å². The van der Waals surface area contributed by atoms with E-state index in [9.17, 15) is 4.79 Å². The summed E-state index contributed by atoms with van der Waals surface area (Å²) >= 11 is 0. The van der Waals surface area contributed by atoms with E-state index < -0.39 is 8.24 Å². The Hall–Kier alpha value is -0.883. The van der Waals surface area contributed by atoms with Gasteiger partial charge in [-0.3, -0.25) is 9.58 Å². The van der Waals surface area contributed by atoms with Gasteiger partial charge in [0, 0.05) is 19.4 Å². The van der Waals surface area contributed by atoms with Crippen LogP contribution in [0.5, 0.6) is 0 Å². The largest absolute Gasteiger partial charge is 0.313 e. The highest BCUT2D eigenvalue weighted by Gasteiger charge is 2.32. The lowest BCUT2D eigenvalue weighted by Crippen LogP contribution is -2.59. The number of nitrogens with one attached hydrogen (secondary N) is 2. The minimum absolute atomic E-state index is 0.0492. The van der Waals surface area contributed by atoms with Crippen molar-refractivity contribution in [1.29, 1.82) is 0 Å². The van der Waals surface area contributed by atoms with Crippen LogP contribution in [0.2, 0.25) is 19.6 Å². The van der Waals surface area contributed by atoms with Crippen molar-refractivity contribution < 1.29 is 4.79 Å². The number of hydrogen-bond acceptors (Lipinski definition) is 4. The van der Waals surface area contributed by atoms with E-state index in [0.717, 1.165) is 12.4 Å². The molecule has 1 amide bonds. The van der Waals surface area contributed by atoms with Crippen molar-refractivity contribution >= 4 is 20.0 Å². The standard InChI is InChI=1S/C11H24N4OSi/c1-8(2)10-7-12-15(17(4,5)6)14-11(10)13-9(3)16/h8,10,12H,7H2,1-6H3,(H,13,14,16). The summed E-state index contributed by atoms with van der Waals surface area (Å²) in [6.07, 6.45) is 0. The Morgan fingerprint density at radius 3 is 2.53 bits per heavy atom. The molecule has 1 heterocycles. The average Bonchev–Trinajstić information content (AvgIpc) is 2.14. The molecule has 0 saturated carbocycles. The van der Waals surface area contributed by atoms with Gasteiger partial charge in [0.05, 0.1) is 0 Å². The van der Waals surface area contributed by atoms with E-state index in [1.165, 1.54) is 6.92 Å². The number of nitrogens with zero attached hydrogens (tertiary/aromatic N) is 2. The lowest BCUT2D eigenvalue weighted by Gasteiger charge is -2.39. The molecular formula is C11H24N4OSi. The predicted molar refractivity (Wildman–Crippen MR) is 72.8 cm³/mol. The second-order valence-corrected chi connectivity index (χ2v) is 10.6. The number of hydrogen-bond donors (Lipinski definition) is 2. The number of amides is 1. The lowest BCUT2D eigenvalue weighted by atomic mass is 9.94. The second kappa shape index (κ2) is 5.18. The smallest absolute Gasteiger partial charge is 0.222 e. The summed E-state index contributed by atoms with van der Waals surface area (Å²) in [5.41, 5.74) is 3.35. The maximum atomic E-state index is 11.2. The molecule has 2 N–H and O–H groups in total. The number of rotatable bonds is 2. The molecule has 1 aliphatic heterocycles. The Labute approximate surface area is 105 Å². The summed E-state index contributed by atoms with van der Waals surface area (Å²) in [4.78, 5) is 13.2. The molecule has 1 atom stereocenters. The SMILES string of the molecule is CC(=O)NC1=NN([Si](C)(C)C)NCC1C(C)C.